The number of hydrogen-bond acceptors (Lipinski definition) is 2. The predicted molar refractivity (Wildman–Crippen MR) is 58.9 cm³/mol. The van der Waals surface area contributed by atoms with E-state index in [2.05, 4.69) is 20.9 Å². The number of nitrogens with zero attached hydrogens (tertiary/aromatic N) is 1. The van der Waals surface area contributed by atoms with Gasteiger partial charge in [-0.2, -0.15) is 0 Å². The lowest BCUT2D eigenvalue weighted by Crippen LogP contribution is -1.90. The summed E-state index contributed by atoms with van der Waals surface area (Å²) in [5.41, 5.74) is 6.97. The highest BCUT2D eigenvalue weighted by atomic mass is 79.9. The zero-order valence-corrected chi connectivity index (χ0v) is 8.93. The summed E-state index contributed by atoms with van der Waals surface area (Å²) < 4.78 is 0.923. The number of para-hydroxylation sites is 1. The molecule has 66 valence electrons. The number of nitrogen functional groups attached to an aromatic ring is 1. The highest BCUT2D eigenvalue weighted by molar-refractivity contribution is 9.10. The molecule has 1 aromatic heterocycles. The third kappa shape index (κ3) is 1.49. The Kier molecular flexibility index (Phi) is 2.14. The van der Waals surface area contributed by atoms with Gasteiger partial charge in [-0.25, -0.2) is 4.98 Å². The molecule has 13 heavy (non-hydrogen) atoms. The van der Waals surface area contributed by atoms with Crippen molar-refractivity contribution in [2.45, 2.75) is 0 Å². The van der Waals surface area contributed by atoms with Crippen molar-refractivity contribution in [1.82, 2.24) is 4.98 Å². The van der Waals surface area contributed by atoms with Crippen LogP contribution in [0.15, 0.2) is 28.7 Å². The maximum Gasteiger partial charge on any atom is 0.152 e. The minimum absolute atomic E-state index is 0.347. The second kappa shape index (κ2) is 3.16. The van der Waals surface area contributed by atoms with Gasteiger partial charge in [-0.3, -0.25) is 0 Å². The molecule has 0 unspecified atom stereocenters. The van der Waals surface area contributed by atoms with Crippen molar-refractivity contribution in [2.75, 3.05) is 5.73 Å². The normalized spacial score (nSPS) is 10.6. The van der Waals surface area contributed by atoms with Gasteiger partial charge >= 0.3 is 0 Å². The number of benzene rings is 1. The van der Waals surface area contributed by atoms with Crippen LogP contribution >= 0.6 is 27.5 Å². The van der Waals surface area contributed by atoms with Crippen molar-refractivity contribution in [2.24, 2.45) is 0 Å². The van der Waals surface area contributed by atoms with Gasteiger partial charge < -0.3 is 5.73 Å². The Morgan fingerprint density at radius 1 is 1.38 bits per heavy atom. The lowest BCUT2D eigenvalue weighted by atomic mass is 10.2. The minimum Gasteiger partial charge on any atom is -0.396 e. The van der Waals surface area contributed by atoms with Crippen LogP contribution in [0.25, 0.3) is 10.9 Å². The molecule has 0 spiro atoms. The third-order valence-electron chi connectivity index (χ3n) is 1.78. The summed E-state index contributed by atoms with van der Waals surface area (Å²) in [6.07, 6.45) is 0. The van der Waals surface area contributed by atoms with Crippen LogP contribution in [0.2, 0.25) is 5.15 Å². The average molecular weight is 258 g/mol. The summed E-state index contributed by atoms with van der Waals surface area (Å²) in [6, 6.07) is 7.61. The first-order chi connectivity index (χ1) is 6.18. The molecule has 2 N–H and O–H groups in total. The van der Waals surface area contributed by atoms with E-state index in [0.717, 1.165) is 15.4 Å². The Balaban J connectivity index is 2.89. The van der Waals surface area contributed by atoms with Crippen molar-refractivity contribution in [3.05, 3.63) is 33.9 Å². The molecule has 1 heterocycles. The number of fused-ring (bicyclic) bond motifs is 1. The van der Waals surface area contributed by atoms with Crippen molar-refractivity contribution < 1.29 is 0 Å². The molecule has 0 saturated heterocycles. The van der Waals surface area contributed by atoms with Gasteiger partial charge in [0.05, 0.1) is 11.2 Å². The van der Waals surface area contributed by atoms with Crippen LogP contribution in [0.1, 0.15) is 0 Å². The molecular formula is C9H6BrClN2. The highest BCUT2D eigenvalue weighted by Gasteiger charge is 2.03. The van der Waals surface area contributed by atoms with Crippen LogP contribution in [0.3, 0.4) is 0 Å². The van der Waals surface area contributed by atoms with Crippen LogP contribution in [0, 0.1) is 0 Å². The van der Waals surface area contributed by atoms with Gasteiger partial charge in [-0.1, -0.05) is 23.7 Å². The predicted octanol–water partition coefficient (Wildman–Crippen LogP) is 3.23. The molecule has 0 radical (unpaired) electrons. The van der Waals surface area contributed by atoms with Gasteiger partial charge in [0.15, 0.2) is 5.15 Å². The second-order valence-corrected chi connectivity index (χ2v) is 3.89. The Morgan fingerprint density at radius 2 is 2.15 bits per heavy atom. The lowest BCUT2D eigenvalue weighted by Gasteiger charge is -2.02. The summed E-state index contributed by atoms with van der Waals surface area (Å²) in [7, 11) is 0. The Morgan fingerprint density at radius 3 is 2.92 bits per heavy atom. The summed E-state index contributed by atoms with van der Waals surface area (Å²) in [6.45, 7) is 0. The van der Waals surface area contributed by atoms with Gasteiger partial charge in [0, 0.05) is 9.86 Å². The first kappa shape index (κ1) is 8.78. The fourth-order valence-corrected chi connectivity index (χ4v) is 1.77. The third-order valence-corrected chi connectivity index (χ3v) is 2.72. The standard InChI is InChI=1S/C9H6BrClN2/c10-6-3-1-2-5-4-7(12)9(11)13-8(5)6/h1-4H,12H2. The lowest BCUT2D eigenvalue weighted by molar-refractivity contribution is 1.40. The zero-order valence-electron chi connectivity index (χ0n) is 6.59. The fourth-order valence-electron chi connectivity index (χ4n) is 1.16. The first-order valence-corrected chi connectivity index (χ1v) is 4.86. The summed E-state index contributed by atoms with van der Waals surface area (Å²) in [5.74, 6) is 0. The van der Waals surface area contributed by atoms with E-state index < -0.39 is 0 Å². The van der Waals surface area contributed by atoms with E-state index in [-0.39, 0.29) is 0 Å². The van der Waals surface area contributed by atoms with Crippen LogP contribution < -0.4 is 5.73 Å². The maximum atomic E-state index is 5.80. The maximum absolute atomic E-state index is 5.80. The van der Waals surface area contributed by atoms with Crippen LogP contribution in [0.5, 0.6) is 0 Å². The van der Waals surface area contributed by atoms with Crippen LogP contribution in [0.4, 0.5) is 5.69 Å². The first-order valence-electron chi connectivity index (χ1n) is 3.69. The molecule has 1 aromatic carbocycles. The topological polar surface area (TPSA) is 38.9 Å². The number of pyridine rings is 1. The SMILES string of the molecule is Nc1cc2cccc(Br)c2nc1Cl. The molecule has 0 aliphatic rings. The van der Waals surface area contributed by atoms with Crippen molar-refractivity contribution in [3.63, 3.8) is 0 Å². The quantitative estimate of drug-likeness (QED) is 0.736. The molecule has 0 bridgehead atoms. The minimum atomic E-state index is 0.347. The molecule has 0 amide bonds. The van der Waals surface area contributed by atoms with Crippen LogP contribution in [-0.4, -0.2) is 4.98 Å². The Bertz CT molecular complexity index is 470. The number of rotatable bonds is 0. The largest absolute Gasteiger partial charge is 0.396 e. The Labute approximate surface area is 88.8 Å². The second-order valence-electron chi connectivity index (χ2n) is 2.68. The fraction of sp³-hybridized carbons (Fsp3) is 0. The zero-order chi connectivity index (χ0) is 9.42. The molecular weight excluding hydrogens is 251 g/mol. The van der Waals surface area contributed by atoms with Gasteiger partial charge in [0.25, 0.3) is 0 Å². The van der Waals surface area contributed by atoms with Gasteiger partial charge in [0.1, 0.15) is 0 Å². The molecule has 0 fully saturated rings. The molecule has 0 aliphatic heterocycles. The molecule has 2 rings (SSSR count). The molecule has 2 nitrogen and oxygen atoms in total. The monoisotopic (exact) mass is 256 g/mol. The van der Waals surface area contributed by atoms with Gasteiger partial charge in [0.2, 0.25) is 0 Å². The number of hydrogen-bond donors (Lipinski definition) is 1. The average Bonchev–Trinajstić information content (AvgIpc) is 2.09. The molecule has 0 atom stereocenters. The molecule has 0 saturated carbocycles. The number of halogens is 2. The Hall–Kier alpha value is -0.800. The van der Waals surface area contributed by atoms with Crippen LogP contribution in [-0.2, 0) is 0 Å². The summed E-state index contributed by atoms with van der Waals surface area (Å²) >= 11 is 9.20. The molecule has 2 aromatic rings. The van der Waals surface area contributed by atoms with Crippen molar-refractivity contribution in [3.8, 4) is 0 Å². The van der Waals surface area contributed by atoms with E-state index in [1.54, 1.807) is 0 Å². The molecule has 0 aliphatic carbocycles. The number of anilines is 1. The highest BCUT2D eigenvalue weighted by Crippen LogP contribution is 2.27. The smallest absolute Gasteiger partial charge is 0.152 e. The summed E-state index contributed by atoms with van der Waals surface area (Å²) in [5, 5.41) is 1.33. The van der Waals surface area contributed by atoms with Crippen molar-refractivity contribution >= 4 is 44.1 Å². The van der Waals surface area contributed by atoms with Gasteiger partial charge in [-0.15, -0.1) is 0 Å². The van der Waals surface area contributed by atoms with Gasteiger partial charge in [-0.05, 0) is 28.1 Å². The number of aromatic nitrogens is 1. The van der Waals surface area contributed by atoms with Crippen molar-refractivity contribution in [1.29, 1.82) is 0 Å². The molecule has 4 heteroatoms. The van der Waals surface area contributed by atoms with E-state index in [0.29, 0.717) is 10.8 Å². The van der Waals surface area contributed by atoms with E-state index in [1.165, 1.54) is 0 Å². The summed E-state index contributed by atoms with van der Waals surface area (Å²) in [4.78, 5) is 4.17. The number of nitrogens with two attached hydrogens (primary N) is 1. The van der Waals surface area contributed by atoms with E-state index in [1.807, 2.05) is 24.3 Å². The van der Waals surface area contributed by atoms with E-state index in [9.17, 15) is 0 Å². The van der Waals surface area contributed by atoms with E-state index >= 15 is 0 Å². The van der Waals surface area contributed by atoms with E-state index in [4.69, 9.17) is 17.3 Å².